The molecule has 114 valence electrons. The molecule has 10 heteroatoms. The first-order valence-electron chi connectivity index (χ1n) is 5.61. The number of rotatable bonds is 5. The minimum Gasteiger partial charge on any atom is -0.449 e. The average molecular weight is 314 g/mol. The summed E-state index contributed by atoms with van der Waals surface area (Å²) in [4.78, 5) is 0. The van der Waals surface area contributed by atoms with Crippen molar-refractivity contribution in [3.05, 3.63) is 28.3 Å². The van der Waals surface area contributed by atoms with Crippen LogP contribution in [0.5, 0.6) is 5.75 Å². The molecule has 4 nitrogen and oxygen atoms in total. The fourth-order valence-electron chi connectivity index (χ4n) is 1.94. The Kier molecular flexibility index (Phi) is 4.70. The minimum atomic E-state index is -5.31. The molecule has 0 unspecified atom stereocenters. The van der Waals surface area contributed by atoms with E-state index in [2.05, 4.69) is 4.18 Å². The lowest BCUT2D eigenvalue weighted by atomic mass is 9.77. The van der Waals surface area contributed by atoms with E-state index in [4.69, 9.17) is 5.73 Å². The Morgan fingerprint density at radius 3 is 2.20 bits per heavy atom. The van der Waals surface area contributed by atoms with Crippen LogP contribution in [0.15, 0.2) is 6.07 Å². The van der Waals surface area contributed by atoms with Gasteiger partial charge in [-0.05, 0) is 36.6 Å². The highest BCUT2D eigenvalue weighted by Gasteiger charge is 2.27. The SMILES string of the molecule is Cc1c(CN)cc(OS(=O)(=O)F)c(C)c1C[B-](F)(F)F. The Bertz CT molecular complexity index is 616. The van der Waals surface area contributed by atoms with Crippen LogP contribution in [-0.2, 0) is 23.4 Å². The van der Waals surface area contributed by atoms with Gasteiger partial charge in [0.05, 0.1) is 0 Å². The van der Waals surface area contributed by atoms with Crippen LogP contribution < -0.4 is 9.92 Å². The Balaban J connectivity index is 3.45. The average Bonchev–Trinajstić information content (AvgIpc) is 2.25. The van der Waals surface area contributed by atoms with Crippen molar-refractivity contribution in [3.8, 4) is 5.75 Å². The monoisotopic (exact) mass is 314 g/mol. The number of halogens is 4. The number of hydrogen-bond acceptors (Lipinski definition) is 4. The van der Waals surface area contributed by atoms with Crippen LogP contribution in [0.25, 0.3) is 0 Å². The molecule has 0 aromatic heterocycles. The highest BCUT2D eigenvalue weighted by molar-refractivity contribution is 7.81. The molecule has 0 aliphatic rings. The summed E-state index contributed by atoms with van der Waals surface area (Å²) < 4.78 is 75.4. The van der Waals surface area contributed by atoms with Crippen LogP contribution in [0.2, 0.25) is 0 Å². The summed E-state index contributed by atoms with van der Waals surface area (Å²) in [6.07, 6.45) is -1.21. The molecule has 0 saturated heterocycles. The highest BCUT2D eigenvalue weighted by Crippen LogP contribution is 2.32. The molecule has 0 bridgehead atoms. The third-order valence-electron chi connectivity index (χ3n) is 2.91. The van der Waals surface area contributed by atoms with Gasteiger partial charge in [-0.3, -0.25) is 0 Å². The Labute approximate surface area is 114 Å². The summed E-state index contributed by atoms with van der Waals surface area (Å²) >= 11 is 0. The lowest BCUT2D eigenvalue weighted by Gasteiger charge is -2.21. The van der Waals surface area contributed by atoms with Gasteiger partial charge in [-0.15, -0.1) is 0 Å². The van der Waals surface area contributed by atoms with Crippen LogP contribution in [-0.4, -0.2) is 15.4 Å². The zero-order valence-electron chi connectivity index (χ0n) is 10.8. The van der Waals surface area contributed by atoms with Crippen molar-refractivity contribution in [2.45, 2.75) is 26.7 Å². The van der Waals surface area contributed by atoms with E-state index in [-0.39, 0.29) is 23.2 Å². The zero-order chi connectivity index (χ0) is 15.7. The first-order chi connectivity index (χ1) is 8.94. The van der Waals surface area contributed by atoms with Crippen molar-refractivity contribution in [2.24, 2.45) is 5.73 Å². The van der Waals surface area contributed by atoms with Crippen molar-refractivity contribution in [3.63, 3.8) is 0 Å². The maximum absolute atomic E-state index is 12.6. The van der Waals surface area contributed by atoms with E-state index < -0.39 is 29.6 Å². The second-order valence-electron chi connectivity index (χ2n) is 4.36. The van der Waals surface area contributed by atoms with Gasteiger partial charge in [-0.25, -0.2) is 0 Å². The van der Waals surface area contributed by atoms with Crippen LogP contribution in [0.4, 0.5) is 16.8 Å². The molecule has 0 atom stereocenters. The van der Waals surface area contributed by atoms with Gasteiger partial charge in [-0.1, -0.05) is 15.8 Å². The molecular formula is C10H13BF4NO3S-. The Morgan fingerprint density at radius 2 is 1.80 bits per heavy atom. The molecule has 20 heavy (non-hydrogen) atoms. The van der Waals surface area contributed by atoms with Crippen LogP contribution in [0, 0.1) is 13.8 Å². The fraction of sp³-hybridized carbons (Fsp3) is 0.400. The summed E-state index contributed by atoms with van der Waals surface area (Å²) in [6.45, 7) is -2.57. The van der Waals surface area contributed by atoms with Crippen molar-refractivity contribution in [1.82, 2.24) is 0 Å². The molecule has 2 N–H and O–H groups in total. The smallest absolute Gasteiger partial charge is 0.449 e. The van der Waals surface area contributed by atoms with Crippen LogP contribution in [0.1, 0.15) is 22.3 Å². The molecule has 0 heterocycles. The lowest BCUT2D eigenvalue weighted by molar-refractivity contribution is 0.438. The molecule has 0 radical (unpaired) electrons. The molecule has 0 amide bonds. The van der Waals surface area contributed by atoms with Crippen LogP contribution in [0.3, 0.4) is 0 Å². The molecule has 1 aromatic rings. The van der Waals surface area contributed by atoms with Gasteiger partial charge in [0, 0.05) is 6.54 Å². The lowest BCUT2D eigenvalue weighted by Crippen LogP contribution is -2.22. The number of hydrogen-bond donors (Lipinski definition) is 1. The van der Waals surface area contributed by atoms with Gasteiger partial charge < -0.3 is 22.9 Å². The van der Waals surface area contributed by atoms with Gasteiger partial charge in [0.25, 0.3) is 0 Å². The van der Waals surface area contributed by atoms with Crippen molar-refractivity contribution in [1.29, 1.82) is 0 Å². The molecular weight excluding hydrogens is 301 g/mol. The van der Waals surface area contributed by atoms with E-state index in [0.29, 0.717) is 5.56 Å². The van der Waals surface area contributed by atoms with E-state index >= 15 is 0 Å². The van der Waals surface area contributed by atoms with E-state index in [9.17, 15) is 25.3 Å². The number of nitrogens with two attached hydrogens (primary N) is 1. The summed E-state index contributed by atoms with van der Waals surface area (Å²) in [6, 6.07) is 1.13. The Morgan fingerprint density at radius 1 is 1.25 bits per heavy atom. The van der Waals surface area contributed by atoms with Crippen molar-refractivity contribution < 1.29 is 29.4 Å². The third kappa shape index (κ3) is 4.38. The Hall–Kier alpha value is -1.29. The highest BCUT2D eigenvalue weighted by atomic mass is 32.3. The zero-order valence-corrected chi connectivity index (χ0v) is 11.6. The molecule has 0 aliphatic carbocycles. The van der Waals surface area contributed by atoms with E-state index in [1.807, 2.05) is 0 Å². The minimum absolute atomic E-state index is 0.0693. The van der Waals surface area contributed by atoms with Gasteiger partial charge in [0.1, 0.15) is 5.75 Å². The predicted molar refractivity (Wildman–Crippen MR) is 67.2 cm³/mol. The molecule has 0 fully saturated rings. The first-order valence-corrected chi connectivity index (χ1v) is 6.92. The van der Waals surface area contributed by atoms with E-state index in [0.717, 1.165) is 6.07 Å². The summed E-state index contributed by atoms with van der Waals surface area (Å²) in [5, 5.41) is 0. The van der Waals surface area contributed by atoms with E-state index in [1.165, 1.54) is 13.8 Å². The normalized spacial score (nSPS) is 12.6. The molecule has 0 aliphatic heterocycles. The molecule has 0 saturated carbocycles. The summed E-state index contributed by atoms with van der Waals surface area (Å²) in [7, 11) is -5.31. The van der Waals surface area contributed by atoms with Gasteiger partial charge in [0.15, 0.2) is 0 Å². The van der Waals surface area contributed by atoms with Crippen molar-refractivity contribution in [2.75, 3.05) is 0 Å². The third-order valence-corrected chi connectivity index (χ3v) is 3.29. The quantitative estimate of drug-likeness (QED) is 0.514. The number of benzene rings is 1. The maximum atomic E-state index is 12.6. The molecule has 1 rings (SSSR count). The standard InChI is InChI=1S/C10H13BF4NO3S/c1-6-8(5-16)3-10(19-20(15,17)18)7(2)9(6)4-11(12,13)14/h3H,4-5,16H2,1-2H3/q-1. The topological polar surface area (TPSA) is 69.4 Å². The van der Waals surface area contributed by atoms with Gasteiger partial charge in [0.2, 0.25) is 0 Å². The maximum Gasteiger partial charge on any atom is 0.488 e. The van der Waals surface area contributed by atoms with Crippen LogP contribution >= 0.6 is 0 Å². The first kappa shape index (κ1) is 16.8. The largest absolute Gasteiger partial charge is 0.488 e. The second kappa shape index (κ2) is 5.61. The summed E-state index contributed by atoms with van der Waals surface area (Å²) in [5.41, 5.74) is 5.75. The molecule has 1 aromatic carbocycles. The molecule has 0 spiro atoms. The van der Waals surface area contributed by atoms with Crippen molar-refractivity contribution >= 4 is 17.5 Å². The summed E-state index contributed by atoms with van der Waals surface area (Å²) in [5.74, 6) is -0.478. The second-order valence-corrected chi connectivity index (χ2v) is 5.31. The van der Waals surface area contributed by atoms with Gasteiger partial charge in [-0.2, -0.15) is 8.42 Å². The predicted octanol–water partition coefficient (Wildman–Crippen LogP) is 2.28. The van der Waals surface area contributed by atoms with Gasteiger partial charge >= 0.3 is 17.5 Å². The van der Waals surface area contributed by atoms with E-state index in [1.54, 1.807) is 0 Å². The fourth-order valence-corrected chi connectivity index (χ4v) is 2.33.